The van der Waals surface area contributed by atoms with Gasteiger partial charge in [0.1, 0.15) is 6.10 Å². The Morgan fingerprint density at radius 2 is 1.92 bits per heavy atom. The Bertz CT molecular complexity index is 189. The van der Waals surface area contributed by atoms with Gasteiger partial charge >= 0.3 is 5.97 Å². The molecule has 0 radical (unpaired) electrons. The summed E-state index contributed by atoms with van der Waals surface area (Å²) in [6, 6.07) is 0. The molecule has 0 bridgehead atoms. The summed E-state index contributed by atoms with van der Waals surface area (Å²) in [6.45, 7) is 0.707. The molecule has 3 N–H and O–H groups in total. The van der Waals surface area contributed by atoms with Crippen LogP contribution in [0.4, 0.5) is 0 Å². The van der Waals surface area contributed by atoms with Crippen molar-refractivity contribution >= 4 is 11.8 Å². The highest BCUT2D eigenvalue weighted by Crippen LogP contribution is 1.96. The largest absolute Gasteiger partial charge is 0.460 e. The molecule has 0 saturated heterocycles. The van der Waals surface area contributed by atoms with Crippen LogP contribution in [0, 0.1) is 0 Å². The van der Waals surface area contributed by atoms with Crippen molar-refractivity contribution < 1.29 is 29.6 Å². The number of ketones is 1. The van der Waals surface area contributed by atoms with Crippen molar-refractivity contribution in [3.05, 3.63) is 0 Å². The number of ether oxygens (including phenoxy) is 1. The van der Waals surface area contributed by atoms with Crippen molar-refractivity contribution in [2.75, 3.05) is 13.2 Å². The number of aliphatic hydroxyl groups excluding tert-OH is 3. The highest BCUT2D eigenvalue weighted by molar-refractivity contribution is 6.35. The molecule has 0 aliphatic rings. The number of aliphatic hydroxyl groups is 3. The molecule has 76 valence electrons. The molecule has 0 amide bonds. The van der Waals surface area contributed by atoms with Gasteiger partial charge in [-0.25, -0.2) is 4.79 Å². The number of carbonyl (C=O) groups excluding carboxylic acids is 2. The zero-order chi connectivity index (χ0) is 10.4. The third kappa shape index (κ3) is 3.49. The molecule has 0 fully saturated rings. The average Bonchev–Trinajstić information content (AvgIpc) is 2.14. The monoisotopic (exact) mass is 192 g/mol. The molecule has 0 saturated carbocycles. The molecule has 0 heterocycles. The van der Waals surface area contributed by atoms with Crippen molar-refractivity contribution in [3.63, 3.8) is 0 Å². The van der Waals surface area contributed by atoms with Gasteiger partial charge in [-0.3, -0.25) is 4.79 Å². The van der Waals surface area contributed by atoms with E-state index in [4.69, 9.17) is 15.3 Å². The van der Waals surface area contributed by atoms with Gasteiger partial charge in [0.05, 0.1) is 13.2 Å². The summed E-state index contributed by atoms with van der Waals surface area (Å²) < 4.78 is 4.28. The van der Waals surface area contributed by atoms with Gasteiger partial charge in [0, 0.05) is 0 Å². The van der Waals surface area contributed by atoms with Gasteiger partial charge in [-0.1, -0.05) is 0 Å². The zero-order valence-electron chi connectivity index (χ0n) is 7.14. The number of esters is 1. The first kappa shape index (κ1) is 12.0. The van der Waals surface area contributed by atoms with E-state index in [0.29, 0.717) is 0 Å². The van der Waals surface area contributed by atoms with E-state index in [2.05, 4.69) is 4.74 Å². The molecule has 2 atom stereocenters. The molecule has 6 heteroatoms. The number of hydrogen-bond acceptors (Lipinski definition) is 6. The van der Waals surface area contributed by atoms with E-state index in [1.165, 1.54) is 6.92 Å². The highest BCUT2D eigenvalue weighted by atomic mass is 16.5. The van der Waals surface area contributed by atoms with E-state index in [1.807, 2.05) is 0 Å². The second-order valence-electron chi connectivity index (χ2n) is 2.28. The third-order valence-electron chi connectivity index (χ3n) is 1.30. The van der Waals surface area contributed by atoms with Crippen molar-refractivity contribution in [1.82, 2.24) is 0 Å². The van der Waals surface area contributed by atoms with Gasteiger partial charge in [0.25, 0.3) is 5.78 Å². The third-order valence-corrected chi connectivity index (χ3v) is 1.30. The first-order valence-electron chi connectivity index (χ1n) is 3.72. The van der Waals surface area contributed by atoms with Gasteiger partial charge in [-0.15, -0.1) is 0 Å². The van der Waals surface area contributed by atoms with Gasteiger partial charge < -0.3 is 20.1 Å². The molecule has 0 aromatic heterocycles. The molecular formula is C7H12O6. The van der Waals surface area contributed by atoms with Gasteiger partial charge in [-0.05, 0) is 6.92 Å². The summed E-state index contributed by atoms with van der Waals surface area (Å²) in [5.74, 6) is -2.48. The summed E-state index contributed by atoms with van der Waals surface area (Å²) in [5, 5.41) is 26.1. The van der Waals surface area contributed by atoms with Crippen molar-refractivity contribution in [1.29, 1.82) is 0 Å². The van der Waals surface area contributed by atoms with E-state index < -0.39 is 30.6 Å². The lowest BCUT2D eigenvalue weighted by atomic mass is 10.1. The normalized spacial score (nSPS) is 14.8. The summed E-state index contributed by atoms with van der Waals surface area (Å²) in [5.41, 5.74) is 0. The Kier molecular flexibility index (Phi) is 5.20. The smallest absolute Gasteiger partial charge is 0.377 e. The van der Waals surface area contributed by atoms with E-state index in [9.17, 15) is 9.59 Å². The molecule has 0 aromatic rings. The maximum Gasteiger partial charge on any atom is 0.377 e. The molecular weight excluding hydrogens is 180 g/mol. The molecule has 0 unspecified atom stereocenters. The predicted molar refractivity (Wildman–Crippen MR) is 40.7 cm³/mol. The summed E-state index contributed by atoms with van der Waals surface area (Å²) in [4.78, 5) is 21.5. The van der Waals surface area contributed by atoms with Gasteiger partial charge in [-0.2, -0.15) is 0 Å². The van der Waals surface area contributed by atoms with Crippen LogP contribution in [0.25, 0.3) is 0 Å². The molecule has 0 aliphatic heterocycles. The Hall–Kier alpha value is -0.980. The van der Waals surface area contributed by atoms with Crippen LogP contribution in [0.1, 0.15) is 6.92 Å². The maximum absolute atomic E-state index is 10.8. The summed E-state index contributed by atoms with van der Waals surface area (Å²) in [7, 11) is 0. The average molecular weight is 192 g/mol. The minimum absolute atomic E-state index is 0.00646. The summed E-state index contributed by atoms with van der Waals surface area (Å²) in [6.07, 6.45) is -3.58. The molecule has 6 nitrogen and oxygen atoms in total. The molecule has 0 spiro atoms. The minimum Gasteiger partial charge on any atom is -0.460 e. The zero-order valence-corrected chi connectivity index (χ0v) is 7.14. The summed E-state index contributed by atoms with van der Waals surface area (Å²) >= 11 is 0. The number of hydrogen-bond donors (Lipinski definition) is 3. The van der Waals surface area contributed by atoms with Crippen molar-refractivity contribution in [3.8, 4) is 0 Å². The second-order valence-corrected chi connectivity index (χ2v) is 2.28. The first-order valence-corrected chi connectivity index (χ1v) is 3.72. The maximum atomic E-state index is 10.8. The molecule has 0 rings (SSSR count). The van der Waals surface area contributed by atoms with Gasteiger partial charge in [0.2, 0.25) is 0 Å². The van der Waals surface area contributed by atoms with Crippen LogP contribution in [-0.2, 0) is 14.3 Å². The fourth-order valence-electron chi connectivity index (χ4n) is 0.598. The van der Waals surface area contributed by atoms with Crippen LogP contribution in [0.5, 0.6) is 0 Å². The van der Waals surface area contributed by atoms with Crippen LogP contribution in [0.3, 0.4) is 0 Å². The van der Waals surface area contributed by atoms with Crippen molar-refractivity contribution in [2.24, 2.45) is 0 Å². The lowest BCUT2D eigenvalue weighted by Crippen LogP contribution is -2.40. The number of Topliss-reactive ketones (excluding diaryl/α,β-unsaturated/α-hetero) is 1. The van der Waals surface area contributed by atoms with Crippen molar-refractivity contribution in [2.45, 2.75) is 19.1 Å². The molecule has 13 heavy (non-hydrogen) atoms. The van der Waals surface area contributed by atoms with Crippen LogP contribution < -0.4 is 0 Å². The molecule has 0 aliphatic carbocycles. The molecule has 0 aromatic carbocycles. The van der Waals surface area contributed by atoms with Crippen LogP contribution >= 0.6 is 0 Å². The first-order chi connectivity index (χ1) is 6.04. The SMILES string of the molecule is CCOC(=O)C(=O)[C@@H](O)[C@H](O)CO. The quantitative estimate of drug-likeness (QED) is 0.338. The number of rotatable bonds is 5. The fourth-order valence-corrected chi connectivity index (χ4v) is 0.598. The lowest BCUT2D eigenvalue weighted by Gasteiger charge is -2.12. The van der Waals surface area contributed by atoms with E-state index in [1.54, 1.807) is 0 Å². The van der Waals surface area contributed by atoms with Gasteiger partial charge in [0.15, 0.2) is 6.10 Å². The van der Waals surface area contributed by atoms with E-state index >= 15 is 0 Å². The highest BCUT2D eigenvalue weighted by Gasteiger charge is 2.30. The Morgan fingerprint density at radius 1 is 1.38 bits per heavy atom. The number of carbonyl (C=O) groups is 2. The topological polar surface area (TPSA) is 104 Å². The van der Waals surface area contributed by atoms with Crippen LogP contribution in [-0.4, -0.2) is 52.5 Å². The van der Waals surface area contributed by atoms with Crippen LogP contribution in [0.15, 0.2) is 0 Å². The minimum atomic E-state index is -1.93. The van der Waals surface area contributed by atoms with E-state index in [0.717, 1.165) is 0 Å². The Morgan fingerprint density at radius 3 is 2.31 bits per heavy atom. The fraction of sp³-hybridized carbons (Fsp3) is 0.714. The Balaban J connectivity index is 4.17. The predicted octanol–water partition coefficient (Wildman–Crippen LogP) is -2.17. The standard InChI is InChI=1S/C7H12O6/c1-2-13-7(12)6(11)5(10)4(9)3-8/h4-5,8-10H,2-3H2,1H3/t4-,5+/m1/s1. The van der Waals surface area contributed by atoms with E-state index in [-0.39, 0.29) is 6.61 Å². The van der Waals surface area contributed by atoms with Crippen LogP contribution in [0.2, 0.25) is 0 Å². The Labute approximate surface area is 74.7 Å². The lowest BCUT2D eigenvalue weighted by molar-refractivity contribution is -0.160. The second kappa shape index (κ2) is 5.63.